The van der Waals surface area contributed by atoms with E-state index in [1.807, 2.05) is 0 Å². The predicted molar refractivity (Wildman–Crippen MR) is 61.5 cm³/mol. The summed E-state index contributed by atoms with van der Waals surface area (Å²) in [6.07, 6.45) is 2.40. The summed E-state index contributed by atoms with van der Waals surface area (Å²) >= 11 is 2.08. The highest BCUT2D eigenvalue weighted by molar-refractivity contribution is 14.1. The maximum absolute atomic E-state index is 5.48. The van der Waals surface area contributed by atoms with E-state index in [0.717, 1.165) is 16.4 Å². The van der Waals surface area contributed by atoms with Crippen molar-refractivity contribution in [2.45, 2.75) is 18.9 Å². The number of rotatable bonds is 4. The monoisotopic (exact) mass is 322 g/mol. The lowest BCUT2D eigenvalue weighted by Gasteiger charge is -2.09. The van der Waals surface area contributed by atoms with Crippen LogP contribution < -0.4 is 14.2 Å². The van der Waals surface area contributed by atoms with E-state index in [0.29, 0.717) is 17.8 Å². The lowest BCUT2D eigenvalue weighted by Crippen LogP contribution is -2.05. The van der Waals surface area contributed by atoms with Crippen molar-refractivity contribution in [2.24, 2.45) is 0 Å². The lowest BCUT2D eigenvalue weighted by atomic mass is 10.6. The van der Waals surface area contributed by atoms with Crippen LogP contribution in [-0.2, 0) is 0 Å². The van der Waals surface area contributed by atoms with Gasteiger partial charge >= 0.3 is 6.01 Å². The van der Waals surface area contributed by atoms with E-state index in [4.69, 9.17) is 14.2 Å². The van der Waals surface area contributed by atoms with E-state index < -0.39 is 0 Å². The average molecular weight is 322 g/mol. The number of halogens is 1. The fourth-order valence-corrected chi connectivity index (χ4v) is 1.73. The first kappa shape index (κ1) is 10.7. The number of ether oxygens (including phenoxy) is 3. The van der Waals surface area contributed by atoms with E-state index in [-0.39, 0.29) is 6.10 Å². The summed E-state index contributed by atoms with van der Waals surface area (Å²) in [7, 11) is 3.12. The molecule has 6 heteroatoms. The van der Waals surface area contributed by atoms with Gasteiger partial charge in [0, 0.05) is 0 Å². The largest absolute Gasteiger partial charge is 0.480 e. The molecule has 0 N–H and O–H groups in total. The van der Waals surface area contributed by atoms with Gasteiger partial charge in [0.1, 0.15) is 9.67 Å². The van der Waals surface area contributed by atoms with E-state index in [1.54, 1.807) is 14.2 Å². The molecule has 0 saturated heterocycles. The van der Waals surface area contributed by atoms with Gasteiger partial charge in [-0.1, -0.05) is 0 Å². The van der Waals surface area contributed by atoms with Gasteiger partial charge in [-0.05, 0) is 35.4 Å². The van der Waals surface area contributed by atoms with Gasteiger partial charge in [-0.2, -0.15) is 9.97 Å². The summed E-state index contributed by atoms with van der Waals surface area (Å²) in [4.78, 5) is 8.27. The zero-order valence-corrected chi connectivity index (χ0v) is 10.6. The second-order valence-corrected chi connectivity index (χ2v) is 4.23. The number of methoxy groups -OCH3 is 2. The van der Waals surface area contributed by atoms with Crippen LogP contribution in [0.3, 0.4) is 0 Å². The molecule has 1 aliphatic rings. The summed E-state index contributed by atoms with van der Waals surface area (Å²) in [5.74, 6) is 0.969. The Labute approximate surface area is 101 Å². The van der Waals surface area contributed by atoms with Crippen LogP contribution in [0.15, 0.2) is 0 Å². The van der Waals surface area contributed by atoms with Crippen molar-refractivity contribution >= 4 is 22.6 Å². The lowest BCUT2D eigenvalue weighted by molar-refractivity contribution is 0.262. The molecule has 0 atom stereocenters. The molecular formula is C9H11IN2O3. The van der Waals surface area contributed by atoms with Crippen molar-refractivity contribution in [3.05, 3.63) is 3.57 Å². The Hall–Kier alpha value is -0.790. The molecule has 1 fully saturated rings. The highest BCUT2D eigenvalue weighted by Crippen LogP contribution is 2.31. The molecule has 5 nitrogen and oxygen atoms in total. The maximum Gasteiger partial charge on any atom is 0.323 e. The molecule has 0 unspecified atom stereocenters. The summed E-state index contributed by atoms with van der Waals surface area (Å²) in [6.45, 7) is 0. The summed E-state index contributed by atoms with van der Waals surface area (Å²) in [5.41, 5.74) is 0. The van der Waals surface area contributed by atoms with Gasteiger partial charge in [0.2, 0.25) is 11.8 Å². The molecule has 1 saturated carbocycles. The second kappa shape index (κ2) is 4.38. The van der Waals surface area contributed by atoms with Gasteiger partial charge in [-0.3, -0.25) is 0 Å². The average Bonchev–Trinajstić information content (AvgIpc) is 3.04. The van der Waals surface area contributed by atoms with Gasteiger partial charge < -0.3 is 14.2 Å². The molecule has 0 radical (unpaired) electrons. The third-order valence-electron chi connectivity index (χ3n) is 1.95. The quantitative estimate of drug-likeness (QED) is 0.789. The topological polar surface area (TPSA) is 53.5 Å². The Balaban J connectivity index is 2.29. The van der Waals surface area contributed by atoms with Crippen LogP contribution in [0.4, 0.5) is 0 Å². The SMILES string of the molecule is COc1nc(OC2CC2)nc(OC)c1I. The smallest absolute Gasteiger partial charge is 0.323 e. The molecule has 1 aromatic heterocycles. The first-order valence-electron chi connectivity index (χ1n) is 4.56. The minimum atomic E-state index is 0.263. The molecule has 1 aromatic rings. The minimum absolute atomic E-state index is 0.263. The number of aromatic nitrogens is 2. The standard InChI is InChI=1S/C9H11IN2O3/c1-13-7-6(10)8(14-2)12-9(11-7)15-5-3-4-5/h5H,3-4H2,1-2H3. The van der Waals surface area contributed by atoms with Crippen LogP contribution in [0.1, 0.15) is 12.8 Å². The van der Waals surface area contributed by atoms with Crippen LogP contribution in [0, 0.1) is 3.57 Å². The Morgan fingerprint density at radius 2 is 1.67 bits per heavy atom. The molecule has 1 heterocycles. The van der Waals surface area contributed by atoms with Crippen LogP contribution >= 0.6 is 22.6 Å². The fraction of sp³-hybridized carbons (Fsp3) is 0.556. The van der Waals surface area contributed by atoms with E-state index in [1.165, 1.54) is 0 Å². The van der Waals surface area contributed by atoms with Crippen LogP contribution in [0.2, 0.25) is 0 Å². The van der Waals surface area contributed by atoms with E-state index in [2.05, 4.69) is 32.6 Å². The zero-order valence-electron chi connectivity index (χ0n) is 8.49. The van der Waals surface area contributed by atoms with Gasteiger partial charge in [-0.25, -0.2) is 0 Å². The van der Waals surface area contributed by atoms with Crippen molar-refractivity contribution in [1.29, 1.82) is 0 Å². The molecule has 82 valence electrons. The molecule has 0 aromatic carbocycles. The van der Waals surface area contributed by atoms with Crippen molar-refractivity contribution in [3.63, 3.8) is 0 Å². The Morgan fingerprint density at radius 1 is 1.13 bits per heavy atom. The second-order valence-electron chi connectivity index (χ2n) is 3.16. The van der Waals surface area contributed by atoms with Crippen molar-refractivity contribution < 1.29 is 14.2 Å². The van der Waals surface area contributed by atoms with Gasteiger partial charge in [-0.15, -0.1) is 0 Å². The molecule has 0 aliphatic heterocycles. The van der Waals surface area contributed by atoms with E-state index in [9.17, 15) is 0 Å². The van der Waals surface area contributed by atoms with Crippen LogP contribution in [0.25, 0.3) is 0 Å². The van der Waals surface area contributed by atoms with Crippen LogP contribution in [0.5, 0.6) is 17.8 Å². The summed E-state index contributed by atoms with van der Waals surface area (Å²) in [6, 6.07) is 0.326. The summed E-state index contributed by atoms with van der Waals surface area (Å²) < 4.78 is 16.5. The van der Waals surface area contributed by atoms with Crippen molar-refractivity contribution in [3.8, 4) is 17.8 Å². The molecule has 1 aliphatic carbocycles. The Kier molecular flexibility index (Phi) is 3.13. The normalized spacial score (nSPS) is 14.9. The number of hydrogen-bond donors (Lipinski definition) is 0. The highest BCUT2D eigenvalue weighted by atomic mass is 127. The maximum atomic E-state index is 5.48. The minimum Gasteiger partial charge on any atom is -0.480 e. The highest BCUT2D eigenvalue weighted by Gasteiger charge is 2.26. The van der Waals surface area contributed by atoms with Gasteiger partial charge in [0.05, 0.1) is 14.2 Å². The van der Waals surface area contributed by atoms with Crippen molar-refractivity contribution in [1.82, 2.24) is 9.97 Å². The number of nitrogens with zero attached hydrogens (tertiary/aromatic N) is 2. The fourth-order valence-electron chi connectivity index (χ4n) is 1.05. The third kappa shape index (κ3) is 2.42. The molecule has 0 amide bonds. The Bertz CT molecular complexity index is 343. The zero-order chi connectivity index (χ0) is 10.8. The third-order valence-corrected chi connectivity index (χ3v) is 2.88. The molecule has 15 heavy (non-hydrogen) atoms. The van der Waals surface area contributed by atoms with Gasteiger partial charge in [0.15, 0.2) is 0 Å². The number of hydrogen-bond acceptors (Lipinski definition) is 5. The predicted octanol–water partition coefficient (Wildman–Crippen LogP) is 1.64. The van der Waals surface area contributed by atoms with Gasteiger partial charge in [0.25, 0.3) is 0 Å². The molecule has 0 bridgehead atoms. The first-order valence-corrected chi connectivity index (χ1v) is 5.64. The molecular weight excluding hydrogens is 311 g/mol. The Morgan fingerprint density at radius 3 is 2.07 bits per heavy atom. The first-order chi connectivity index (χ1) is 7.24. The van der Waals surface area contributed by atoms with E-state index >= 15 is 0 Å². The van der Waals surface area contributed by atoms with Crippen molar-refractivity contribution in [2.75, 3.05) is 14.2 Å². The molecule has 2 rings (SSSR count). The summed E-state index contributed by atoms with van der Waals surface area (Å²) in [5, 5.41) is 0. The van der Waals surface area contributed by atoms with Crippen LogP contribution in [-0.4, -0.2) is 30.3 Å². The molecule has 0 spiro atoms.